The van der Waals surface area contributed by atoms with E-state index in [4.69, 9.17) is 9.47 Å². The molecule has 0 aliphatic carbocycles. The second-order valence-electron chi connectivity index (χ2n) is 7.38. The van der Waals surface area contributed by atoms with Crippen LogP contribution in [0.2, 0.25) is 0 Å². The summed E-state index contributed by atoms with van der Waals surface area (Å²) in [5.41, 5.74) is 2.51. The molecule has 1 aliphatic heterocycles. The highest BCUT2D eigenvalue weighted by Crippen LogP contribution is 2.38. The quantitative estimate of drug-likeness (QED) is 0.495. The number of rotatable bonds is 5. The van der Waals surface area contributed by atoms with E-state index in [2.05, 4.69) is 21.2 Å². The molecule has 0 radical (unpaired) electrons. The second kappa shape index (κ2) is 8.93. The molecule has 8 heteroatoms. The number of amides is 4. The van der Waals surface area contributed by atoms with Crippen LogP contribution in [0.15, 0.2) is 40.4 Å². The molecular weight excluding hydrogens is 464 g/mol. The fourth-order valence-electron chi connectivity index (χ4n) is 3.19. The van der Waals surface area contributed by atoms with Crippen molar-refractivity contribution in [2.75, 3.05) is 12.0 Å². The number of benzene rings is 2. The number of hydrogen-bond donors (Lipinski definition) is 1. The van der Waals surface area contributed by atoms with Gasteiger partial charge in [0.05, 0.1) is 23.4 Å². The summed E-state index contributed by atoms with van der Waals surface area (Å²) in [4.78, 5) is 39.1. The number of ether oxygens (including phenoxy) is 2. The highest BCUT2D eigenvalue weighted by Gasteiger charge is 2.37. The molecule has 7 nitrogen and oxygen atoms in total. The smallest absolute Gasteiger partial charge is 0.335 e. The van der Waals surface area contributed by atoms with Gasteiger partial charge in [-0.1, -0.05) is 12.1 Å². The molecule has 4 amide bonds. The highest BCUT2D eigenvalue weighted by molar-refractivity contribution is 9.10. The topological polar surface area (TPSA) is 84.9 Å². The van der Waals surface area contributed by atoms with E-state index in [-0.39, 0.29) is 11.7 Å². The fraction of sp³-hybridized carbons (Fsp3) is 0.261. The van der Waals surface area contributed by atoms with E-state index >= 15 is 0 Å². The first-order valence-corrected chi connectivity index (χ1v) is 10.4. The molecule has 0 bridgehead atoms. The number of aryl methyl sites for hydroxylation is 1. The zero-order chi connectivity index (χ0) is 22.9. The van der Waals surface area contributed by atoms with E-state index in [0.717, 1.165) is 16.0 Å². The Balaban J connectivity index is 2.06. The standard InChI is InChI=1S/C23H23BrN2O5/c1-12(2)31-20-17(24)10-15(11-19(20)30-5)9-16-21(27)25-23(29)26(22(16)28)18-8-6-7-13(3)14(18)4/h6-12H,1-5H3,(H,25,27,29)/b16-9+. The normalized spacial score (nSPS) is 15.5. The van der Waals surface area contributed by atoms with E-state index < -0.39 is 17.8 Å². The molecule has 1 fully saturated rings. The van der Waals surface area contributed by atoms with Crippen molar-refractivity contribution in [3.63, 3.8) is 0 Å². The molecule has 3 rings (SSSR count). The van der Waals surface area contributed by atoms with Gasteiger partial charge in [0.15, 0.2) is 11.5 Å². The summed E-state index contributed by atoms with van der Waals surface area (Å²) in [5, 5.41) is 2.25. The van der Waals surface area contributed by atoms with E-state index in [0.29, 0.717) is 27.2 Å². The van der Waals surface area contributed by atoms with Gasteiger partial charge in [0.2, 0.25) is 0 Å². The third-order valence-corrected chi connectivity index (χ3v) is 5.42. The maximum Gasteiger partial charge on any atom is 0.335 e. The van der Waals surface area contributed by atoms with Crippen LogP contribution < -0.4 is 19.7 Å². The van der Waals surface area contributed by atoms with Gasteiger partial charge in [-0.15, -0.1) is 0 Å². The van der Waals surface area contributed by atoms with Gasteiger partial charge in [-0.2, -0.15) is 0 Å². The summed E-state index contributed by atoms with van der Waals surface area (Å²) in [6, 6.07) is 7.91. The van der Waals surface area contributed by atoms with Crippen LogP contribution in [0, 0.1) is 13.8 Å². The Morgan fingerprint density at radius 3 is 2.48 bits per heavy atom. The number of anilines is 1. The Morgan fingerprint density at radius 2 is 1.84 bits per heavy atom. The zero-order valence-electron chi connectivity index (χ0n) is 17.9. The maximum absolute atomic E-state index is 13.2. The van der Waals surface area contributed by atoms with Crippen molar-refractivity contribution < 1.29 is 23.9 Å². The lowest BCUT2D eigenvalue weighted by atomic mass is 10.0. The van der Waals surface area contributed by atoms with Gasteiger partial charge in [-0.3, -0.25) is 14.9 Å². The predicted molar refractivity (Wildman–Crippen MR) is 121 cm³/mol. The molecular formula is C23H23BrN2O5. The number of carbonyl (C=O) groups excluding carboxylic acids is 3. The van der Waals surface area contributed by atoms with Gasteiger partial charge in [0, 0.05) is 0 Å². The number of halogens is 1. The molecule has 1 heterocycles. The Hall–Kier alpha value is -3.13. The van der Waals surface area contributed by atoms with Crippen LogP contribution in [0.25, 0.3) is 6.08 Å². The van der Waals surface area contributed by atoms with Crippen molar-refractivity contribution in [3.8, 4) is 11.5 Å². The Morgan fingerprint density at radius 1 is 1.13 bits per heavy atom. The number of urea groups is 1. The molecule has 0 spiro atoms. The summed E-state index contributed by atoms with van der Waals surface area (Å²) >= 11 is 3.45. The summed E-state index contributed by atoms with van der Waals surface area (Å²) in [7, 11) is 1.51. The lowest BCUT2D eigenvalue weighted by Gasteiger charge is -2.28. The molecule has 0 unspecified atom stereocenters. The molecule has 1 aliphatic rings. The first-order valence-electron chi connectivity index (χ1n) is 9.66. The summed E-state index contributed by atoms with van der Waals surface area (Å²) in [6.07, 6.45) is 1.35. The third-order valence-electron chi connectivity index (χ3n) is 4.83. The van der Waals surface area contributed by atoms with Crippen LogP contribution in [0.4, 0.5) is 10.5 Å². The van der Waals surface area contributed by atoms with Gasteiger partial charge < -0.3 is 9.47 Å². The van der Waals surface area contributed by atoms with Crippen molar-refractivity contribution in [3.05, 3.63) is 57.1 Å². The van der Waals surface area contributed by atoms with E-state index in [1.165, 1.54) is 13.2 Å². The molecule has 1 N–H and O–H groups in total. The first kappa shape index (κ1) is 22.6. The van der Waals surface area contributed by atoms with Crippen LogP contribution in [0.3, 0.4) is 0 Å². The van der Waals surface area contributed by atoms with Crippen LogP contribution >= 0.6 is 15.9 Å². The SMILES string of the molecule is COc1cc(/C=C2\C(=O)NC(=O)N(c3cccc(C)c3C)C2=O)cc(Br)c1OC(C)C. The van der Waals surface area contributed by atoms with Gasteiger partial charge >= 0.3 is 6.03 Å². The van der Waals surface area contributed by atoms with Gasteiger partial charge in [0.25, 0.3) is 11.8 Å². The van der Waals surface area contributed by atoms with Crippen LogP contribution in [-0.4, -0.2) is 31.1 Å². The molecule has 31 heavy (non-hydrogen) atoms. The number of barbiturate groups is 1. The number of hydrogen-bond acceptors (Lipinski definition) is 5. The van der Waals surface area contributed by atoms with Crippen LogP contribution in [0.5, 0.6) is 11.5 Å². The number of nitrogens with one attached hydrogen (secondary N) is 1. The molecule has 1 saturated heterocycles. The van der Waals surface area contributed by atoms with Gasteiger partial charge in [-0.05, 0) is 84.6 Å². The minimum atomic E-state index is -0.778. The highest BCUT2D eigenvalue weighted by atomic mass is 79.9. The Kier molecular flexibility index (Phi) is 6.50. The molecule has 162 valence electrons. The lowest BCUT2D eigenvalue weighted by molar-refractivity contribution is -0.122. The molecule has 2 aromatic rings. The van der Waals surface area contributed by atoms with Crippen molar-refractivity contribution in [1.29, 1.82) is 0 Å². The minimum Gasteiger partial charge on any atom is -0.493 e. The number of methoxy groups -OCH3 is 1. The van der Waals surface area contributed by atoms with E-state index in [1.54, 1.807) is 24.3 Å². The van der Waals surface area contributed by atoms with Crippen molar-refractivity contribution in [2.45, 2.75) is 33.8 Å². The summed E-state index contributed by atoms with van der Waals surface area (Å²) < 4.78 is 11.8. The van der Waals surface area contributed by atoms with Crippen molar-refractivity contribution in [2.24, 2.45) is 0 Å². The number of imide groups is 2. The van der Waals surface area contributed by atoms with E-state index in [1.807, 2.05) is 33.8 Å². The fourth-order valence-corrected chi connectivity index (χ4v) is 3.75. The van der Waals surface area contributed by atoms with Gasteiger partial charge in [-0.25, -0.2) is 9.69 Å². The third kappa shape index (κ3) is 4.49. The molecule has 0 atom stereocenters. The molecule has 0 aromatic heterocycles. The van der Waals surface area contributed by atoms with Crippen LogP contribution in [0.1, 0.15) is 30.5 Å². The minimum absolute atomic E-state index is 0.0720. The number of nitrogens with zero attached hydrogens (tertiary/aromatic N) is 1. The van der Waals surface area contributed by atoms with Crippen molar-refractivity contribution in [1.82, 2.24) is 5.32 Å². The summed E-state index contributed by atoms with van der Waals surface area (Å²) in [5.74, 6) is -0.485. The molecule has 0 saturated carbocycles. The average Bonchev–Trinajstić information content (AvgIpc) is 2.69. The van der Waals surface area contributed by atoms with Gasteiger partial charge in [0.1, 0.15) is 5.57 Å². The van der Waals surface area contributed by atoms with E-state index in [9.17, 15) is 14.4 Å². The number of carbonyl (C=O) groups is 3. The van der Waals surface area contributed by atoms with Crippen LogP contribution in [-0.2, 0) is 9.59 Å². The Bertz CT molecular complexity index is 1110. The Labute approximate surface area is 189 Å². The summed E-state index contributed by atoms with van der Waals surface area (Å²) in [6.45, 7) is 7.50. The zero-order valence-corrected chi connectivity index (χ0v) is 19.5. The lowest BCUT2D eigenvalue weighted by Crippen LogP contribution is -2.54. The molecule has 2 aromatic carbocycles. The maximum atomic E-state index is 13.2. The monoisotopic (exact) mass is 486 g/mol. The second-order valence-corrected chi connectivity index (χ2v) is 8.23. The van der Waals surface area contributed by atoms with Crippen molar-refractivity contribution >= 4 is 45.5 Å². The largest absolute Gasteiger partial charge is 0.493 e. The first-order chi connectivity index (χ1) is 14.6. The predicted octanol–water partition coefficient (Wildman–Crippen LogP) is 4.53. The average molecular weight is 487 g/mol.